The molecule has 0 saturated carbocycles. The highest BCUT2D eigenvalue weighted by Crippen LogP contribution is 2.25. The summed E-state index contributed by atoms with van der Waals surface area (Å²) in [5.74, 6) is -0.330. The minimum Gasteiger partial charge on any atom is -0.386 e. The van der Waals surface area contributed by atoms with Crippen LogP contribution in [0.5, 0.6) is 0 Å². The van der Waals surface area contributed by atoms with Gasteiger partial charge in [-0.15, -0.1) is 0 Å². The highest BCUT2D eigenvalue weighted by Gasteiger charge is 2.30. The lowest BCUT2D eigenvalue weighted by atomic mass is 9.96. The Hall–Kier alpha value is -2.73. The van der Waals surface area contributed by atoms with E-state index in [2.05, 4.69) is 10.3 Å². The molecular weight excluding hydrogens is 330 g/mol. The number of carbonyl (C=O) groups is 2. The summed E-state index contributed by atoms with van der Waals surface area (Å²) in [6, 6.07) is 8.56. The number of nitrogens with zero attached hydrogens (tertiary/aromatic N) is 2. The molecular formula is C20H23N3O3. The zero-order chi connectivity index (χ0) is 18.9. The van der Waals surface area contributed by atoms with Crippen molar-refractivity contribution < 1.29 is 14.7 Å². The first-order chi connectivity index (χ1) is 12.3. The number of amides is 2. The second-order valence-electron chi connectivity index (χ2n) is 7.18. The van der Waals surface area contributed by atoms with Gasteiger partial charge in [0.2, 0.25) is 5.91 Å². The van der Waals surface area contributed by atoms with Crippen molar-refractivity contribution in [2.75, 3.05) is 13.6 Å². The number of hydrogen-bond acceptors (Lipinski definition) is 4. The maximum absolute atomic E-state index is 12.5. The first kappa shape index (κ1) is 18.1. The number of rotatable bonds is 4. The molecule has 0 spiro atoms. The topological polar surface area (TPSA) is 82.5 Å². The van der Waals surface area contributed by atoms with Crippen molar-refractivity contribution in [2.45, 2.75) is 31.9 Å². The van der Waals surface area contributed by atoms with E-state index in [0.29, 0.717) is 24.1 Å². The van der Waals surface area contributed by atoms with E-state index in [9.17, 15) is 14.7 Å². The molecule has 2 aromatic rings. The van der Waals surface area contributed by atoms with E-state index < -0.39 is 11.6 Å². The third kappa shape index (κ3) is 3.75. The van der Waals surface area contributed by atoms with E-state index in [4.69, 9.17) is 0 Å². The van der Waals surface area contributed by atoms with Crippen molar-refractivity contribution in [3.63, 3.8) is 0 Å². The van der Waals surface area contributed by atoms with Crippen LogP contribution in [0.25, 0.3) is 11.1 Å². The molecule has 2 amide bonds. The second-order valence-corrected chi connectivity index (χ2v) is 7.18. The summed E-state index contributed by atoms with van der Waals surface area (Å²) >= 11 is 0. The van der Waals surface area contributed by atoms with Crippen molar-refractivity contribution in [3.8, 4) is 11.1 Å². The van der Waals surface area contributed by atoms with Gasteiger partial charge in [0.15, 0.2) is 0 Å². The smallest absolute Gasteiger partial charge is 0.251 e. The van der Waals surface area contributed by atoms with Gasteiger partial charge in [-0.3, -0.25) is 14.6 Å². The van der Waals surface area contributed by atoms with Crippen LogP contribution >= 0.6 is 0 Å². The van der Waals surface area contributed by atoms with E-state index in [-0.39, 0.29) is 11.8 Å². The van der Waals surface area contributed by atoms with Crippen molar-refractivity contribution in [3.05, 3.63) is 53.9 Å². The number of pyridine rings is 1. The van der Waals surface area contributed by atoms with Gasteiger partial charge in [-0.1, -0.05) is 12.1 Å². The van der Waals surface area contributed by atoms with Crippen LogP contribution < -0.4 is 5.32 Å². The van der Waals surface area contributed by atoms with Crippen LogP contribution in [0.3, 0.4) is 0 Å². The van der Waals surface area contributed by atoms with Crippen LogP contribution in [0.1, 0.15) is 36.2 Å². The lowest BCUT2D eigenvalue weighted by Gasteiger charge is -2.18. The number of nitrogens with one attached hydrogen (secondary N) is 1. The molecule has 0 aliphatic carbocycles. The summed E-state index contributed by atoms with van der Waals surface area (Å²) in [6.07, 6.45) is 3.95. The summed E-state index contributed by atoms with van der Waals surface area (Å²) in [5, 5.41) is 13.0. The van der Waals surface area contributed by atoms with Gasteiger partial charge in [0.25, 0.3) is 5.91 Å². The number of hydrogen-bond donors (Lipinski definition) is 2. The average Bonchev–Trinajstić information content (AvgIpc) is 2.93. The maximum Gasteiger partial charge on any atom is 0.251 e. The van der Waals surface area contributed by atoms with Crippen LogP contribution in [0.4, 0.5) is 0 Å². The molecule has 6 heteroatoms. The number of aromatic nitrogens is 1. The highest BCUT2D eigenvalue weighted by molar-refractivity contribution is 5.98. The van der Waals surface area contributed by atoms with Crippen LogP contribution in [0, 0.1) is 0 Å². The number of benzene rings is 1. The Kier molecular flexibility index (Phi) is 4.78. The molecule has 0 unspecified atom stereocenters. The minimum atomic E-state index is -0.993. The molecule has 26 heavy (non-hydrogen) atoms. The van der Waals surface area contributed by atoms with Crippen molar-refractivity contribution >= 4 is 11.8 Å². The number of carbonyl (C=O) groups excluding carboxylic acids is 2. The molecule has 1 saturated heterocycles. The van der Waals surface area contributed by atoms with Gasteiger partial charge in [0.05, 0.1) is 5.60 Å². The van der Waals surface area contributed by atoms with E-state index in [1.165, 1.54) is 0 Å². The Morgan fingerprint density at radius 2 is 2.04 bits per heavy atom. The average molecular weight is 353 g/mol. The quantitative estimate of drug-likeness (QED) is 0.880. The van der Waals surface area contributed by atoms with E-state index in [0.717, 1.165) is 11.1 Å². The lowest BCUT2D eigenvalue weighted by molar-refractivity contribution is -0.128. The maximum atomic E-state index is 12.5. The van der Waals surface area contributed by atoms with Gasteiger partial charge in [0, 0.05) is 42.7 Å². The molecule has 1 aromatic heterocycles. The number of likely N-dealkylation sites (N-methyl/N-ethyl adjacent to an activating group) is 1. The van der Waals surface area contributed by atoms with E-state index >= 15 is 0 Å². The molecule has 2 heterocycles. The first-order valence-electron chi connectivity index (χ1n) is 8.60. The Balaban J connectivity index is 1.82. The predicted molar refractivity (Wildman–Crippen MR) is 98.4 cm³/mol. The predicted octanol–water partition coefficient (Wildman–Crippen LogP) is 1.94. The van der Waals surface area contributed by atoms with Crippen molar-refractivity contribution in [2.24, 2.45) is 0 Å². The second kappa shape index (κ2) is 6.88. The van der Waals surface area contributed by atoms with Crippen LogP contribution in [0.15, 0.2) is 42.7 Å². The fourth-order valence-electron chi connectivity index (χ4n) is 2.97. The molecule has 6 nitrogen and oxygen atoms in total. The van der Waals surface area contributed by atoms with Gasteiger partial charge in [-0.05, 0) is 44.0 Å². The molecule has 1 atom stereocenters. The third-order valence-electron chi connectivity index (χ3n) is 4.64. The standard InChI is InChI=1S/C20H23N3O3/c1-20(2,26)16-10-15(11-21-12-16)13-5-4-6-14(9-13)18(24)22-17-7-8-23(3)19(17)25/h4-6,9-12,17,26H,7-8H2,1-3H3,(H,22,24)/t17-/m0/s1. The van der Waals surface area contributed by atoms with E-state index in [1.807, 2.05) is 12.1 Å². The minimum absolute atomic E-state index is 0.0587. The monoisotopic (exact) mass is 353 g/mol. The number of likely N-dealkylation sites (tertiary alicyclic amines) is 1. The normalized spacial score (nSPS) is 17.5. The summed E-state index contributed by atoms with van der Waals surface area (Å²) in [5.41, 5.74) is 1.83. The molecule has 1 fully saturated rings. The Bertz CT molecular complexity index is 842. The summed E-state index contributed by atoms with van der Waals surface area (Å²) in [7, 11) is 1.73. The Morgan fingerprint density at radius 3 is 2.69 bits per heavy atom. The third-order valence-corrected chi connectivity index (χ3v) is 4.64. The zero-order valence-corrected chi connectivity index (χ0v) is 15.2. The van der Waals surface area contributed by atoms with Gasteiger partial charge < -0.3 is 15.3 Å². The number of aliphatic hydroxyl groups is 1. The SMILES string of the molecule is CN1CC[C@H](NC(=O)c2cccc(-c3cncc(C(C)(C)O)c3)c2)C1=O. The molecule has 3 rings (SSSR count). The molecule has 1 aliphatic rings. The zero-order valence-electron chi connectivity index (χ0n) is 15.2. The molecule has 0 bridgehead atoms. The van der Waals surface area contributed by atoms with E-state index in [1.54, 1.807) is 56.4 Å². The van der Waals surface area contributed by atoms with Crippen LogP contribution in [-0.4, -0.2) is 46.4 Å². The van der Waals surface area contributed by atoms with Gasteiger partial charge >= 0.3 is 0 Å². The fraction of sp³-hybridized carbons (Fsp3) is 0.350. The Labute approximate surface area is 152 Å². The lowest BCUT2D eigenvalue weighted by Crippen LogP contribution is -2.40. The summed E-state index contributed by atoms with van der Waals surface area (Å²) in [6.45, 7) is 4.06. The Morgan fingerprint density at radius 1 is 1.27 bits per heavy atom. The highest BCUT2D eigenvalue weighted by atomic mass is 16.3. The van der Waals surface area contributed by atoms with Crippen molar-refractivity contribution in [1.82, 2.24) is 15.2 Å². The van der Waals surface area contributed by atoms with Crippen LogP contribution in [0.2, 0.25) is 0 Å². The summed E-state index contributed by atoms with van der Waals surface area (Å²) in [4.78, 5) is 30.3. The molecule has 1 aliphatic heterocycles. The molecule has 136 valence electrons. The molecule has 0 radical (unpaired) electrons. The largest absolute Gasteiger partial charge is 0.386 e. The van der Waals surface area contributed by atoms with Gasteiger partial charge in [-0.2, -0.15) is 0 Å². The fourth-order valence-corrected chi connectivity index (χ4v) is 2.97. The van der Waals surface area contributed by atoms with Crippen molar-refractivity contribution in [1.29, 1.82) is 0 Å². The first-order valence-corrected chi connectivity index (χ1v) is 8.60. The van der Waals surface area contributed by atoms with Crippen LogP contribution in [-0.2, 0) is 10.4 Å². The molecule has 1 aromatic carbocycles. The molecule has 2 N–H and O–H groups in total. The summed E-state index contributed by atoms with van der Waals surface area (Å²) < 4.78 is 0. The van der Waals surface area contributed by atoms with Gasteiger partial charge in [-0.25, -0.2) is 0 Å². The van der Waals surface area contributed by atoms with Gasteiger partial charge in [0.1, 0.15) is 6.04 Å².